The lowest BCUT2D eigenvalue weighted by atomic mass is 10.2. The average Bonchev–Trinajstić information content (AvgIpc) is 2.99. The summed E-state index contributed by atoms with van der Waals surface area (Å²) in [6.45, 7) is 0. The second-order valence-electron chi connectivity index (χ2n) is 5.49. The fourth-order valence-electron chi connectivity index (χ4n) is 2.26. The molecule has 1 aromatic heterocycles. The average molecular weight is 488 g/mol. The first-order valence-electron chi connectivity index (χ1n) is 7.61. The first-order valence-corrected chi connectivity index (χ1v) is 10.1. The number of carbonyl (C=O) groups excluding carboxylic acids is 1. The maximum absolute atomic E-state index is 12.2. The number of rotatable bonds is 5. The number of aromatic hydroxyl groups is 1. The Balaban J connectivity index is 1.68. The van der Waals surface area contributed by atoms with Crippen molar-refractivity contribution in [1.29, 1.82) is 0 Å². The lowest BCUT2D eigenvalue weighted by molar-refractivity contribution is -0.113. The van der Waals surface area contributed by atoms with Crippen molar-refractivity contribution in [1.82, 2.24) is 14.8 Å². The van der Waals surface area contributed by atoms with Gasteiger partial charge in [-0.05, 0) is 36.4 Å². The van der Waals surface area contributed by atoms with Crippen LogP contribution in [0.15, 0.2) is 46.0 Å². The predicted molar refractivity (Wildman–Crippen MR) is 112 cm³/mol. The number of amides is 1. The summed E-state index contributed by atoms with van der Waals surface area (Å²) in [5, 5.41) is 22.4. The lowest BCUT2D eigenvalue weighted by Crippen LogP contribution is -2.14. The third kappa shape index (κ3) is 4.76. The molecule has 2 aromatic carbocycles. The minimum absolute atomic E-state index is 0.0996. The van der Waals surface area contributed by atoms with Gasteiger partial charge in [-0.1, -0.05) is 50.9 Å². The molecule has 0 bridgehead atoms. The van der Waals surface area contributed by atoms with E-state index in [1.54, 1.807) is 48.0 Å². The third-order valence-electron chi connectivity index (χ3n) is 3.57. The predicted octanol–water partition coefficient (Wildman–Crippen LogP) is 4.99. The highest BCUT2D eigenvalue weighted by Crippen LogP contribution is 2.32. The van der Waals surface area contributed by atoms with Crippen LogP contribution in [0.25, 0.3) is 11.4 Å². The minimum atomic E-state index is -0.215. The van der Waals surface area contributed by atoms with Gasteiger partial charge in [-0.15, -0.1) is 10.2 Å². The molecule has 6 nitrogen and oxygen atoms in total. The van der Waals surface area contributed by atoms with Crippen LogP contribution in [-0.4, -0.2) is 31.5 Å². The second-order valence-corrected chi connectivity index (χ2v) is 8.16. The summed E-state index contributed by atoms with van der Waals surface area (Å²) in [4.78, 5) is 12.2. The molecule has 1 heterocycles. The Morgan fingerprint density at radius 2 is 2.00 bits per heavy atom. The number of anilines is 1. The van der Waals surface area contributed by atoms with E-state index < -0.39 is 0 Å². The molecule has 3 rings (SSSR count). The number of nitrogens with one attached hydrogen (secondary N) is 1. The van der Waals surface area contributed by atoms with Gasteiger partial charge in [-0.2, -0.15) is 0 Å². The van der Waals surface area contributed by atoms with Crippen LogP contribution in [0.4, 0.5) is 5.69 Å². The molecule has 10 heteroatoms. The van der Waals surface area contributed by atoms with Gasteiger partial charge in [0.05, 0.1) is 21.4 Å². The van der Waals surface area contributed by atoms with Crippen LogP contribution in [0, 0.1) is 0 Å². The van der Waals surface area contributed by atoms with Crippen molar-refractivity contribution in [3.8, 4) is 17.1 Å². The highest BCUT2D eigenvalue weighted by atomic mass is 79.9. The van der Waals surface area contributed by atoms with Crippen LogP contribution < -0.4 is 5.32 Å². The van der Waals surface area contributed by atoms with Crippen LogP contribution in [0.5, 0.6) is 5.75 Å². The van der Waals surface area contributed by atoms with E-state index in [1.807, 2.05) is 0 Å². The Hall–Kier alpha value is -1.74. The molecule has 0 spiro atoms. The van der Waals surface area contributed by atoms with Crippen molar-refractivity contribution in [3.63, 3.8) is 0 Å². The zero-order chi connectivity index (χ0) is 19.6. The fraction of sp³-hybridized carbons (Fsp3) is 0.118. The van der Waals surface area contributed by atoms with E-state index >= 15 is 0 Å². The molecule has 27 heavy (non-hydrogen) atoms. The van der Waals surface area contributed by atoms with E-state index in [-0.39, 0.29) is 17.4 Å². The molecule has 0 radical (unpaired) electrons. The number of halogens is 3. The van der Waals surface area contributed by atoms with Gasteiger partial charge in [0, 0.05) is 17.2 Å². The Morgan fingerprint density at radius 3 is 2.74 bits per heavy atom. The highest BCUT2D eigenvalue weighted by molar-refractivity contribution is 9.10. The van der Waals surface area contributed by atoms with Gasteiger partial charge >= 0.3 is 0 Å². The molecule has 0 saturated carbocycles. The molecule has 0 saturated heterocycles. The molecule has 140 valence electrons. The Bertz CT molecular complexity index is 1010. The van der Waals surface area contributed by atoms with Gasteiger partial charge in [0.2, 0.25) is 5.91 Å². The molecule has 0 aliphatic carbocycles. The van der Waals surface area contributed by atoms with E-state index in [1.165, 1.54) is 11.8 Å². The first-order chi connectivity index (χ1) is 12.8. The quantitative estimate of drug-likeness (QED) is 0.495. The van der Waals surface area contributed by atoms with E-state index in [4.69, 9.17) is 23.2 Å². The molecule has 0 unspecified atom stereocenters. The second kappa shape index (κ2) is 8.52. The van der Waals surface area contributed by atoms with Crippen molar-refractivity contribution in [2.45, 2.75) is 5.16 Å². The van der Waals surface area contributed by atoms with Crippen molar-refractivity contribution < 1.29 is 9.90 Å². The number of carbonyl (C=O) groups is 1. The molecule has 3 aromatic rings. The number of aromatic nitrogens is 3. The van der Waals surface area contributed by atoms with Gasteiger partial charge in [0.25, 0.3) is 0 Å². The Labute approximate surface area is 178 Å². The summed E-state index contributed by atoms with van der Waals surface area (Å²) >= 11 is 16.4. The molecule has 0 atom stereocenters. The monoisotopic (exact) mass is 486 g/mol. The Morgan fingerprint density at radius 1 is 1.22 bits per heavy atom. The van der Waals surface area contributed by atoms with Crippen molar-refractivity contribution >= 4 is 62.5 Å². The topological polar surface area (TPSA) is 80.0 Å². The fourth-order valence-corrected chi connectivity index (χ4v) is 3.63. The summed E-state index contributed by atoms with van der Waals surface area (Å²) in [5.41, 5.74) is 1.11. The van der Waals surface area contributed by atoms with Crippen LogP contribution >= 0.6 is 50.9 Å². The molecule has 2 N–H and O–H groups in total. The number of thioether (sulfide) groups is 1. The van der Waals surface area contributed by atoms with Gasteiger partial charge < -0.3 is 15.0 Å². The minimum Gasteiger partial charge on any atom is -0.507 e. The van der Waals surface area contributed by atoms with E-state index in [9.17, 15) is 9.90 Å². The summed E-state index contributed by atoms with van der Waals surface area (Å²) in [7, 11) is 1.77. The van der Waals surface area contributed by atoms with Gasteiger partial charge in [-0.25, -0.2) is 0 Å². The normalized spacial score (nSPS) is 10.8. The molecular weight excluding hydrogens is 475 g/mol. The van der Waals surface area contributed by atoms with E-state index in [0.717, 1.165) is 4.47 Å². The Kier molecular flexibility index (Phi) is 6.31. The highest BCUT2D eigenvalue weighted by Gasteiger charge is 2.16. The first kappa shape index (κ1) is 20.0. The number of nitrogens with zero attached hydrogens (tertiary/aromatic N) is 3. The molecular formula is C17H13BrCl2N4O2S. The third-order valence-corrected chi connectivity index (χ3v) is 5.82. The zero-order valence-corrected chi connectivity index (χ0v) is 17.8. The number of phenolic OH excluding ortho intramolecular Hbond substituents is 1. The maximum atomic E-state index is 12.2. The summed E-state index contributed by atoms with van der Waals surface area (Å²) < 4.78 is 2.53. The van der Waals surface area contributed by atoms with Crippen molar-refractivity contribution in [3.05, 3.63) is 50.9 Å². The summed E-state index contributed by atoms with van der Waals surface area (Å²) in [5.74, 6) is 0.522. The van der Waals surface area contributed by atoms with Gasteiger partial charge in [-0.3, -0.25) is 4.79 Å². The number of benzene rings is 2. The summed E-state index contributed by atoms with van der Waals surface area (Å²) in [6.07, 6.45) is 0. The van der Waals surface area contributed by atoms with Crippen LogP contribution in [0.1, 0.15) is 0 Å². The maximum Gasteiger partial charge on any atom is 0.234 e. The van der Waals surface area contributed by atoms with Crippen molar-refractivity contribution in [2.75, 3.05) is 11.1 Å². The number of phenols is 1. The molecule has 1 amide bonds. The largest absolute Gasteiger partial charge is 0.507 e. The van der Waals surface area contributed by atoms with Crippen LogP contribution in [-0.2, 0) is 11.8 Å². The van der Waals surface area contributed by atoms with Gasteiger partial charge in [0.15, 0.2) is 11.0 Å². The number of hydrogen-bond acceptors (Lipinski definition) is 5. The SMILES string of the molecule is Cn1c(SCC(=O)Nc2ccc(Cl)c(Cl)c2)nnc1-c1cc(Br)ccc1O. The standard InChI is InChI=1S/C17H13BrCl2N4O2S/c1-24-16(11-6-9(18)2-5-14(11)25)22-23-17(24)27-8-15(26)21-10-3-4-12(19)13(20)7-10/h2-7,25H,8H2,1H3,(H,21,26). The molecule has 0 aliphatic heterocycles. The van der Waals surface area contributed by atoms with E-state index in [0.29, 0.717) is 32.3 Å². The smallest absolute Gasteiger partial charge is 0.234 e. The number of hydrogen-bond donors (Lipinski definition) is 2. The van der Waals surface area contributed by atoms with Crippen LogP contribution in [0.3, 0.4) is 0 Å². The molecule has 0 aliphatic rings. The van der Waals surface area contributed by atoms with Crippen LogP contribution in [0.2, 0.25) is 10.0 Å². The van der Waals surface area contributed by atoms with Gasteiger partial charge in [0.1, 0.15) is 5.75 Å². The molecule has 0 fully saturated rings. The van der Waals surface area contributed by atoms with E-state index in [2.05, 4.69) is 31.4 Å². The summed E-state index contributed by atoms with van der Waals surface area (Å²) in [6, 6.07) is 9.94. The lowest BCUT2D eigenvalue weighted by Gasteiger charge is -2.07. The zero-order valence-electron chi connectivity index (χ0n) is 13.9. The van der Waals surface area contributed by atoms with Crippen molar-refractivity contribution in [2.24, 2.45) is 7.05 Å².